The van der Waals surface area contributed by atoms with Crippen LogP contribution in [0.5, 0.6) is 0 Å². The maximum absolute atomic E-state index is 11.3. The van der Waals surface area contributed by atoms with E-state index in [-0.39, 0.29) is 16.7 Å². The van der Waals surface area contributed by atoms with E-state index >= 15 is 0 Å². The van der Waals surface area contributed by atoms with Crippen molar-refractivity contribution in [3.05, 3.63) is 42.0 Å². The number of benzene rings is 1. The van der Waals surface area contributed by atoms with Gasteiger partial charge in [0.05, 0.1) is 18.2 Å². The van der Waals surface area contributed by atoms with Crippen molar-refractivity contribution in [2.45, 2.75) is 0 Å². The molecule has 0 saturated heterocycles. The van der Waals surface area contributed by atoms with Crippen molar-refractivity contribution in [3.8, 4) is 0 Å². The molecule has 4 nitrogen and oxygen atoms in total. The summed E-state index contributed by atoms with van der Waals surface area (Å²) in [6, 6.07) is 6.28. The van der Waals surface area contributed by atoms with Crippen LogP contribution in [0.15, 0.2) is 30.8 Å². The summed E-state index contributed by atoms with van der Waals surface area (Å²) in [7, 11) is 1.24. The van der Waals surface area contributed by atoms with Crippen LogP contribution in [0.4, 0.5) is 0 Å². The normalized spacial score (nSPS) is 9.40. The molecule has 1 N–H and O–H groups in total. The fourth-order valence-electron chi connectivity index (χ4n) is 1.15. The topological polar surface area (TPSA) is 63.6 Å². The Morgan fingerprint density at radius 3 is 2.27 bits per heavy atom. The van der Waals surface area contributed by atoms with E-state index in [4.69, 9.17) is 5.11 Å². The molecule has 15 heavy (non-hydrogen) atoms. The Hall–Kier alpha value is -2.10. The second kappa shape index (κ2) is 4.41. The lowest BCUT2D eigenvalue weighted by molar-refractivity contribution is -0.130. The third kappa shape index (κ3) is 2.22. The molecule has 0 atom stereocenters. The Labute approximate surface area is 86.8 Å². The number of carboxylic acid groups (broad SMARTS) is 1. The van der Waals surface area contributed by atoms with Gasteiger partial charge < -0.3 is 9.84 Å². The molecule has 0 amide bonds. The Balaban J connectivity index is 3.23. The van der Waals surface area contributed by atoms with Crippen molar-refractivity contribution in [1.82, 2.24) is 0 Å². The van der Waals surface area contributed by atoms with Crippen LogP contribution in [-0.2, 0) is 9.53 Å². The number of carbonyl (C=O) groups excluding carboxylic acids is 1. The van der Waals surface area contributed by atoms with Gasteiger partial charge in [0.1, 0.15) is 0 Å². The lowest BCUT2D eigenvalue weighted by Gasteiger charge is -2.06. The number of carboxylic acids is 1. The first-order chi connectivity index (χ1) is 7.07. The van der Waals surface area contributed by atoms with E-state index in [0.29, 0.717) is 0 Å². The van der Waals surface area contributed by atoms with E-state index in [1.54, 1.807) is 12.1 Å². The van der Waals surface area contributed by atoms with Gasteiger partial charge in [-0.3, -0.25) is 0 Å². The molecule has 0 aliphatic rings. The van der Waals surface area contributed by atoms with Crippen molar-refractivity contribution in [2.75, 3.05) is 7.11 Å². The minimum atomic E-state index is -1.16. The molecular weight excluding hydrogens is 196 g/mol. The average molecular weight is 206 g/mol. The van der Waals surface area contributed by atoms with E-state index in [1.165, 1.54) is 19.2 Å². The first-order valence-corrected chi connectivity index (χ1v) is 4.18. The smallest absolute Gasteiger partial charge is 0.338 e. The summed E-state index contributed by atoms with van der Waals surface area (Å²) in [5.74, 6) is -1.74. The molecule has 0 aliphatic heterocycles. The van der Waals surface area contributed by atoms with Gasteiger partial charge in [-0.15, -0.1) is 0 Å². The highest BCUT2D eigenvalue weighted by atomic mass is 16.5. The lowest BCUT2D eigenvalue weighted by Crippen LogP contribution is -2.08. The number of carbonyl (C=O) groups is 2. The molecule has 1 aromatic rings. The van der Waals surface area contributed by atoms with E-state index in [9.17, 15) is 9.59 Å². The lowest BCUT2D eigenvalue weighted by atomic mass is 10.0. The van der Waals surface area contributed by atoms with Crippen molar-refractivity contribution >= 4 is 17.5 Å². The fraction of sp³-hybridized carbons (Fsp3) is 0.0909. The number of ether oxygens (including phenoxy) is 1. The van der Waals surface area contributed by atoms with Crippen molar-refractivity contribution in [3.63, 3.8) is 0 Å². The van der Waals surface area contributed by atoms with Crippen LogP contribution in [0, 0.1) is 0 Å². The molecule has 4 heteroatoms. The minimum Gasteiger partial charge on any atom is -0.478 e. The third-order valence-corrected chi connectivity index (χ3v) is 1.92. The van der Waals surface area contributed by atoms with Gasteiger partial charge in [-0.25, -0.2) is 9.59 Å². The summed E-state index contributed by atoms with van der Waals surface area (Å²) >= 11 is 0. The van der Waals surface area contributed by atoms with Crippen molar-refractivity contribution in [1.29, 1.82) is 0 Å². The van der Waals surface area contributed by atoms with Crippen LogP contribution in [0.2, 0.25) is 0 Å². The molecular formula is C11H10O4. The highest BCUT2D eigenvalue weighted by molar-refractivity contribution is 6.17. The SMILES string of the molecule is C=C(C(=O)O)c1ccccc1C(=O)OC. The summed E-state index contributed by atoms with van der Waals surface area (Å²) in [4.78, 5) is 22.0. The highest BCUT2D eigenvalue weighted by Crippen LogP contribution is 2.18. The van der Waals surface area contributed by atoms with Crippen LogP contribution in [-0.4, -0.2) is 24.2 Å². The molecule has 0 unspecified atom stereocenters. The van der Waals surface area contributed by atoms with Crippen LogP contribution in [0.3, 0.4) is 0 Å². The molecule has 0 spiro atoms. The Bertz CT molecular complexity index is 420. The number of hydrogen-bond acceptors (Lipinski definition) is 3. The fourth-order valence-corrected chi connectivity index (χ4v) is 1.15. The maximum atomic E-state index is 11.3. The van der Waals surface area contributed by atoms with Crippen LogP contribution < -0.4 is 0 Å². The molecule has 78 valence electrons. The van der Waals surface area contributed by atoms with Gasteiger partial charge in [-0.05, 0) is 6.07 Å². The number of esters is 1. The summed E-state index contributed by atoms with van der Waals surface area (Å²) < 4.78 is 4.53. The first-order valence-electron chi connectivity index (χ1n) is 4.18. The Morgan fingerprint density at radius 1 is 1.27 bits per heavy atom. The molecule has 0 radical (unpaired) electrons. The Morgan fingerprint density at radius 2 is 1.80 bits per heavy atom. The van der Waals surface area contributed by atoms with Crippen LogP contribution in [0.1, 0.15) is 15.9 Å². The van der Waals surface area contributed by atoms with Crippen molar-refractivity contribution < 1.29 is 19.4 Å². The summed E-state index contributed by atoms with van der Waals surface area (Å²) in [6.07, 6.45) is 0. The molecule has 0 heterocycles. The monoisotopic (exact) mass is 206 g/mol. The second-order valence-corrected chi connectivity index (χ2v) is 2.82. The van der Waals surface area contributed by atoms with Gasteiger partial charge in [0, 0.05) is 5.56 Å². The van der Waals surface area contributed by atoms with Gasteiger partial charge in [0.25, 0.3) is 0 Å². The van der Waals surface area contributed by atoms with E-state index in [0.717, 1.165) is 0 Å². The van der Waals surface area contributed by atoms with Gasteiger partial charge in [-0.2, -0.15) is 0 Å². The standard InChI is InChI=1S/C11H10O4/c1-7(10(12)13)8-5-3-4-6-9(8)11(14)15-2/h3-6H,1H2,2H3,(H,12,13). The van der Waals surface area contributed by atoms with Gasteiger partial charge in [0.2, 0.25) is 0 Å². The largest absolute Gasteiger partial charge is 0.478 e. The van der Waals surface area contributed by atoms with Gasteiger partial charge in [-0.1, -0.05) is 24.8 Å². The molecule has 0 aliphatic carbocycles. The summed E-state index contributed by atoms with van der Waals surface area (Å²) in [6.45, 7) is 3.39. The van der Waals surface area contributed by atoms with E-state index in [1.807, 2.05) is 0 Å². The van der Waals surface area contributed by atoms with E-state index in [2.05, 4.69) is 11.3 Å². The molecule has 1 aromatic carbocycles. The number of hydrogen-bond donors (Lipinski definition) is 1. The number of aliphatic carboxylic acids is 1. The predicted molar refractivity (Wildman–Crippen MR) is 54.5 cm³/mol. The van der Waals surface area contributed by atoms with Gasteiger partial charge in [0.15, 0.2) is 0 Å². The zero-order chi connectivity index (χ0) is 11.4. The van der Waals surface area contributed by atoms with Crippen LogP contribution >= 0.6 is 0 Å². The quantitative estimate of drug-likeness (QED) is 0.602. The number of rotatable bonds is 3. The molecule has 0 bridgehead atoms. The predicted octanol–water partition coefficient (Wildman–Crippen LogP) is 1.57. The number of methoxy groups -OCH3 is 1. The second-order valence-electron chi connectivity index (χ2n) is 2.82. The van der Waals surface area contributed by atoms with E-state index < -0.39 is 11.9 Å². The third-order valence-electron chi connectivity index (χ3n) is 1.92. The molecule has 0 aromatic heterocycles. The zero-order valence-electron chi connectivity index (χ0n) is 8.19. The van der Waals surface area contributed by atoms with Gasteiger partial charge >= 0.3 is 11.9 Å². The molecule has 0 saturated carbocycles. The highest BCUT2D eigenvalue weighted by Gasteiger charge is 2.16. The maximum Gasteiger partial charge on any atom is 0.338 e. The minimum absolute atomic E-state index is 0.129. The Kier molecular flexibility index (Phi) is 3.23. The first kappa shape index (κ1) is 11.0. The zero-order valence-corrected chi connectivity index (χ0v) is 8.19. The van der Waals surface area contributed by atoms with Crippen LogP contribution in [0.25, 0.3) is 5.57 Å². The summed E-state index contributed by atoms with van der Waals surface area (Å²) in [5, 5.41) is 8.76. The average Bonchev–Trinajstić information content (AvgIpc) is 2.27. The molecule has 1 rings (SSSR count). The summed E-state index contributed by atoms with van der Waals surface area (Å²) in [5.41, 5.74) is 0.347. The van der Waals surface area contributed by atoms with Crippen molar-refractivity contribution in [2.24, 2.45) is 0 Å². The molecule has 0 fully saturated rings.